The predicted molar refractivity (Wildman–Crippen MR) is 112 cm³/mol. The van der Waals surface area contributed by atoms with Gasteiger partial charge in [-0.25, -0.2) is 4.98 Å². The number of nitriles is 1. The molecule has 0 aliphatic carbocycles. The largest absolute Gasteiger partial charge is 0.496 e. The fourth-order valence-corrected chi connectivity index (χ4v) is 3.43. The monoisotopic (exact) mass is 389 g/mol. The summed E-state index contributed by atoms with van der Waals surface area (Å²) in [6, 6.07) is 15.3. The second-order valence-electron chi connectivity index (χ2n) is 6.22. The number of para-hydroxylation sites is 1. The number of nitrogens with zero attached hydrogens (tertiary/aromatic N) is 2. The van der Waals surface area contributed by atoms with Crippen molar-refractivity contribution in [3.05, 3.63) is 70.1 Å². The van der Waals surface area contributed by atoms with Gasteiger partial charge in [0.1, 0.15) is 17.4 Å². The van der Waals surface area contributed by atoms with Crippen molar-refractivity contribution in [1.82, 2.24) is 4.98 Å². The number of hydrogen-bond acceptors (Lipinski definition) is 5. The van der Waals surface area contributed by atoms with Crippen molar-refractivity contribution in [3.63, 3.8) is 0 Å². The van der Waals surface area contributed by atoms with E-state index < -0.39 is 5.91 Å². The smallest absolute Gasteiger partial charge is 0.268 e. The van der Waals surface area contributed by atoms with Gasteiger partial charge in [-0.05, 0) is 37.6 Å². The SMILES string of the molecule is COc1ccccc1/C=C(\C#N)C(=O)Nc1nc(-c2cc(C)ccc2C)cs1. The topological polar surface area (TPSA) is 75.0 Å². The lowest BCUT2D eigenvalue weighted by Crippen LogP contribution is -2.13. The molecule has 5 nitrogen and oxygen atoms in total. The van der Waals surface area contributed by atoms with Gasteiger partial charge in [0, 0.05) is 16.5 Å². The van der Waals surface area contributed by atoms with Crippen LogP contribution in [0, 0.1) is 25.2 Å². The minimum atomic E-state index is -0.504. The molecule has 0 saturated carbocycles. The van der Waals surface area contributed by atoms with E-state index in [9.17, 15) is 10.1 Å². The summed E-state index contributed by atoms with van der Waals surface area (Å²) in [6.07, 6.45) is 1.51. The number of carbonyl (C=O) groups excluding carboxylic acids is 1. The van der Waals surface area contributed by atoms with Gasteiger partial charge < -0.3 is 4.74 Å². The van der Waals surface area contributed by atoms with Crippen molar-refractivity contribution in [3.8, 4) is 23.1 Å². The Morgan fingerprint density at radius 3 is 2.79 bits per heavy atom. The van der Waals surface area contributed by atoms with E-state index in [1.165, 1.54) is 17.4 Å². The molecule has 1 amide bonds. The quantitative estimate of drug-likeness (QED) is 0.493. The molecule has 3 aromatic rings. The van der Waals surface area contributed by atoms with E-state index in [4.69, 9.17) is 4.74 Å². The first-order valence-corrected chi connectivity index (χ1v) is 9.49. The van der Waals surface area contributed by atoms with Crippen LogP contribution in [-0.2, 0) is 4.79 Å². The molecular weight excluding hydrogens is 370 g/mol. The zero-order valence-electron chi connectivity index (χ0n) is 15.8. The first-order valence-electron chi connectivity index (χ1n) is 8.61. The number of nitrogens with one attached hydrogen (secondary N) is 1. The number of thiazole rings is 1. The highest BCUT2D eigenvalue weighted by Gasteiger charge is 2.14. The molecule has 0 aliphatic rings. The molecule has 0 atom stereocenters. The Hall–Kier alpha value is -3.43. The third-order valence-corrected chi connectivity index (χ3v) is 4.96. The van der Waals surface area contributed by atoms with Gasteiger partial charge in [0.05, 0.1) is 12.8 Å². The van der Waals surface area contributed by atoms with Crippen LogP contribution in [0.1, 0.15) is 16.7 Å². The first kappa shape index (κ1) is 19.3. The number of amides is 1. The van der Waals surface area contributed by atoms with Gasteiger partial charge in [0.2, 0.25) is 0 Å². The molecule has 1 heterocycles. The lowest BCUT2D eigenvalue weighted by Gasteiger charge is -2.05. The van der Waals surface area contributed by atoms with Crippen molar-refractivity contribution >= 4 is 28.5 Å². The fourth-order valence-electron chi connectivity index (χ4n) is 2.72. The van der Waals surface area contributed by atoms with Crippen LogP contribution >= 0.6 is 11.3 Å². The van der Waals surface area contributed by atoms with Crippen LogP contribution in [0.2, 0.25) is 0 Å². The molecule has 3 rings (SSSR count). The summed E-state index contributed by atoms with van der Waals surface area (Å²) < 4.78 is 5.27. The second kappa shape index (κ2) is 8.51. The van der Waals surface area contributed by atoms with E-state index in [-0.39, 0.29) is 5.57 Å². The summed E-state index contributed by atoms with van der Waals surface area (Å²) in [5, 5.41) is 14.5. The normalized spacial score (nSPS) is 11.0. The molecule has 6 heteroatoms. The van der Waals surface area contributed by atoms with Crippen molar-refractivity contribution in [1.29, 1.82) is 5.26 Å². The number of hydrogen-bond donors (Lipinski definition) is 1. The number of methoxy groups -OCH3 is 1. The van der Waals surface area contributed by atoms with Crippen molar-refractivity contribution in [2.75, 3.05) is 12.4 Å². The van der Waals surface area contributed by atoms with Crippen molar-refractivity contribution in [2.45, 2.75) is 13.8 Å². The van der Waals surface area contributed by atoms with Gasteiger partial charge in [0.15, 0.2) is 5.13 Å². The van der Waals surface area contributed by atoms with Crippen LogP contribution in [0.25, 0.3) is 17.3 Å². The highest BCUT2D eigenvalue weighted by molar-refractivity contribution is 7.14. The van der Waals surface area contributed by atoms with Gasteiger partial charge in [0.25, 0.3) is 5.91 Å². The third kappa shape index (κ3) is 4.27. The Balaban J connectivity index is 1.83. The number of benzene rings is 2. The number of carbonyl (C=O) groups is 1. The summed E-state index contributed by atoms with van der Waals surface area (Å²) in [4.78, 5) is 17.0. The Morgan fingerprint density at radius 2 is 2.04 bits per heavy atom. The summed E-state index contributed by atoms with van der Waals surface area (Å²) in [5.74, 6) is 0.0878. The van der Waals surface area contributed by atoms with Crippen LogP contribution in [-0.4, -0.2) is 18.0 Å². The van der Waals surface area contributed by atoms with Gasteiger partial charge in [-0.1, -0.05) is 35.9 Å². The Labute approximate surface area is 167 Å². The standard InChI is InChI=1S/C22H19N3O2S/c1-14-8-9-15(2)18(10-14)19-13-28-22(24-19)25-21(26)17(12-23)11-16-6-4-5-7-20(16)27-3/h4-11,13H,1-3H3,(H,24,25,26)/b17-11+. The summed E-state index contributed by atoms with van der Waals surface area (Å²) in [5.41, 5.74) is 4.73. The molecule has 28 heavy (non-hydrogen) atoms. The number of ether oxygens (including phenoxy) is 1. The van der Waals surface area contributed by atoms with Gasteiger partial charge in [-0.15, -0.1) is 11.3 Å². The van der Waals surface area contributed by atoms with Crippen LogP contribution in [0.15, 0.2) is 53.4 Å². The molecule has 0 unspecified atom stereocenters. The lowest BCUT2D eigenvalue weighted by atomic mass is 10.0. The summed E-state index contributed by atoms with van der Waals surface area (Å²) >= 11 is 1.32. The zero-order chi connectivity index (χ0) is 20.1. The molecule has 140 valence electrons. The van der Waals surface area contributed by atoms with Crippen LogP contribution in [0.5, 0.6) is 5.75 Å². The Morgan fingerprint density at radius 1 is 1.25 bits per heavy atom. The van der Waals surface area contributed by atoms with Crippen molar-refractivity contribution < 1.29 is 9.53 Å². The molecule has 0 saturated heterocycles. The van der Waals surface area contributed by atoms with E-state index >= 15 is 0 Å². The third-order valence-electron chi connectivity index (χ3n) is 4.20. The number of anilines is 1. The summed E-state index contributed by atoms with van der Waals surface area (Å²) in [7, 11) is 1.54. The van der Waals surface area contributed by atoms with Crippen LogP contribution < -0.4 is 10.1 Å². The average molecular weight is 389 g/mol. The van der Waals surface area contributed by atoms with Gasteiger partial charge in [-0.2, -0.15) is 5.26 Å². The molecule has 1 aromatic heterocycles. The molecular formula is C22H19N3O2S. The molecule has 0 bridgehead atoms. The number of rotatable bonds is 5. The predicted octanol–water partition coefficient (Wildman–Crippen LogP) is 4.98. The second-order valence-corrected chi connectivity index (χ2v) is 7.08. The molecule has 0 spiro atoms. The van der Waals surface area contributed by atoms with Crippen LogP contribution in [0.3, 0.4) is 0 Å². The van der Waals surface area contributed by atoms with Crippen molar-refractivity contribution in [2.24, 2.45) is 0 Å². The number of aromatic nitrogens is 1. The molecule has 0 aliphatic heterocycles. The first-order chi connectivity index (χ1) is 13.5. The van der Waals surface area contributed by atoms with E-state index in [1.807, 2.05) is 43.5 Å². The Kier molecular flexibility index (Phi) is 5.87. The average Bonchev–Trinajstić information content (AvgIpc) is 3.16. The van der Waals surface area contributed by atoms with E-state index in [2.05, 4.69) is 22.4 Å². The molecule has 0 radical (unpaired) electrons. The lowest BCUT2D eigenvalue weighted by molar-refractivity contribution is -0.112. The fraction of sp³-hybridized carbons (Fsp3) is 0.136. The van der Waals surface area contributed by atoms with E-state index in [0.717, 1.165) is 22.4 Å². The van der Waals surface area contributed by atoms with Gasteiger partial charge >= 0.3 is 0 Å². The maximum Gasteiger partial charge on any atom is 0.268 e. The molecule has 0 fully saturated rings. The molecule has 2 aromatic carbocycles. The number of aryl methyl sites for hydroxylation is 2. The maximum atomic E-state index is 12.5. The van der Waals surface area contributed by atoms with Gasteiger partial charge in [-0.3, -0.25) is 10.1 Å². The van der Waals surface area contributed by atoms with Crippen LogP contribution in [0.4, 0.5) is 5.13 Å². The Bertz CT molecular complexity index is 1090. The molecule has 1 N–H and O–H groups in total. The maximum absolute atomic E-state index is 12.5. The summed E-state index contributed by atoms with van der Waals surface area (Å²) in [6.45, 7) is 4.05. The minimum Gasteiger partial charge on any atom is -0.496 e. The highest BCUT2D eigenvalue weighted by atomic mass is 32.1. The van der Waals surface area contributed by atoms with E-state index in [0.29, 0.717) is 16.4 Å². The van der Waals surface area contributed by atoms with E-state index in [1.54, 1.807) is 19.2 Å². The minimum absolute atomic E-state index is 0.0204. The highest BCUT2D eigenvalue weighted by Crippen LogP contribution is 2.28. The zero-order valence-corrected chi connectivity index (χ0v) is 16.6.